The van der Waals surface area contributed by atoms with Gasteiger partial charge in [0.2, 0.25) is 0 Å². The Bertz CT molecular complexity index is 959. The van der Waals surface area contributed by atoms with E-state index in [-0.39, 0.29) is 0 Å². The van der Waals surface area contributed by atoms with Gasteiger partial charge in [0.25, 0.3) is 0 Å². The number of hydrogen-bond donors (Lipinski definition) is 3. The molecule has 3 N–H and O–H groups in total. The molecule has 1 aliphatic rings. The lowest BCUT2D eigenvalue weighted by atomic mass is 10.2. The number of halogens is 1. The third kappa shape index (κ3) is 3.36. The fourth-order valence-electron chi connectivity index (χ4n) is 3.00. The lowest BCUT2D eigenvalue weighted by molar-refractivity contribution is 0.340. The van der Waals surface area contributed by atoms with Crippen LogP contribution in [0.2, 0.25) is 5.02 Å². The molecule has 0 unspecified atom stereocenters. The van der Waals surface area contributed by atoms with Gasteiger partial charge < -0.3 is 15.5 Å². The third-order valence-electron chi connectivity index (χ3n) is 4.37. The number of benzene rings is 1. The van der Waals surface area contributed by atoms with Crippen LogP contribution in [-0.4, -0.2) is 51.2 Å². The van der Waals surface area contributed by atoms with Gasteiger partial charge in [0.1, 0.15) is 5.82 Å². The molecule has 3 heterocycles. The largest absolute Gasteiger partial charge is 0.366 e. The van der Waals surface area contributed by atoms with Gasteiger partial charge in [0, 0.05) is 48.3 Å². The molecule has 0 bridgehead atoms. The Hall–Kier alpha value is -2.64. The number of anilines is 2. The Morgan fingerprint density at radius 3 is 2.77 bits per heavy atom. The molecule has 1 aliphatic heterocycles. The van der Waals surface area contributed by atoms with E-state index in [1.165, 1.54) is 0 Å². The number of aromatic nitrogens is 4. The van der Waals surface area contributed by atoms with Crippen molar-refractivity contribution in [3.8, 4) is 0 Å². The third-order valence-corrected chi connectivity index (χ3v) is 4.60. The maximum Gasteiger partial charge on any atom is 0.177 e. The Morgan fingerprint density at radius 2 is 2.04 bits per heavy atom. The van der Waals surface area contributed by atoms with Crippen molar-refractivity contribution < 1.29 is 0 Å². The van der Waals surface area contributed by atoms with E-state index >= 15 is 0 Å². The average molecular weight is 370 g/mol. The first-order chi connectivity index (χ1) is 12.6. The lowest BCUT2D eigenvalue weighted by Gasteiger charge is -2.30. The molecule has 2 aromatic heterocycles. The highest BCUT2D eigenvalue weighted by Crippen LogP contribution is 2.28. The van der Waals surface area contributed by atoms with Crippen LogP contribution in [0.5, 0.6) is 0 Å². The number of aryl methyl sites for hydroxylation is 1. The Kier molecular flexibility index (Phi) is 4.48. The molecule has 0 radical (unpaired) electrons. The standard InChI is InChI=1S/C18H20ClN7/c1-11-9-16(25-24-11)22-18-14-10-13(19)3-4-15(14)21-17(23-18)12(2)26-7-5-20-6-8-26/h3-4,9-10,20H,2,5-8H2,1H3,(H2,21,22,23,24,25). The first-order valence-corrected chi connectivity index (χ1v) is 8.89. The SMILES string of the molecule is C=C(c1nc(Nc2cc(C)[nH]n2)c2cc(Cl)ccc2n1)N1CCNCC1. The predicted octanol–water partition coefficient (Wildman–Crippen LogP) is 2.93. The molecule has 26 heavy (non-hydrogen) atoms. The summed E-state index contributed by atoms with van der Waals surface area (Å²) in [4.78, 5) is 11.6. The van der Waals surface area contributed by atoms with Gasteiger partial charge in [-0.25, -0.2) is 9.97 Å². The highest BCUT2D eigenvalue weighted by atomic mass is 35.5. The molecule has 1 fully saturated rings. The summed E-state index contributed by atoms with van der Waals surface area (Å²) in [6.07, 6.45) is 0. The van der Waals surface area contributed by atoms with Crippen molar-refractivity contribution in [2.75, 3.05) is 31.5 Å². The summed E-state index contributed by atoms with van der Waals surface area (Å²) in [5.41, 5.74) is 2.60. The molecule has 4 rings (SSSR count). The van der Waals surface area contributed by atoms with Crippen LogP contribution in [0.1, 0.15) is 11.5 Å². The van der Waals surface area contributed by atoms with Crippen molar-refractivity contribution in [2.45, 2.75) is 6.92 Å². The van der Waals surface area contributed by atoms with Crippen molar-refractivity contribution in [2.24, 2.45) is 0 Å². The second-order valence-corrected chi connectivity index (χ2v) is 6.74. The Morgan fingerprint density at radius 1 is 1.23 bits per heavy atom. The minimum Gasteiger partial charge on any atom is -0.366 e. The van der Waals surface area contributed by atoms with Crippen LogP contribution < -0.4 is 10.6 Å². The van der Waals surface area contributed by atoms with E-state index in [1.54, 1.807) is 0 Å². The van der Waals surface area contributed by atoms with Crippen LogP contribution in [0.3, 0.4) is 0 Å². The van der Waals surface area contributed by atoms with Gasteiger partial charge in [0.15, 0.2) is 11.6 Å². The quantitative estimate of drug-likeness (QED) is 0.656. The van der Waals surface area contributed by atoms with Crippen LogP contribution in [0.4, 0.5) is 11.6 Å². The van der Waals surface area contributed by atoms with Gasteiger partial charge in [-0.3, -0.25) is 5.10 Å². The summed E-state index contributed by atoms with van der Waals surface area (Å²) in [7, 11) is 0. The van der Waals surface area contributed by atoms with Gasteiger partial charge in [-0.2, -0.15) is 5.10 Å². The van der Waals surface area contributed by atoms with Gasteiger partial charge in [-0.05, 0) is 25.1 Å². The molecule has 0 atom stereocenters. The first-order valence-electron chi connectivity index (χ1n) is 8.51. The number of nitrogens with one attached hydrogen (secondary N) is 3. The molecule has 3 aromatic rings. The molecule has 0 spiro atoms. The van der Waals surface area contributed by atoms with Crippen molar-refractivity contribution in [1.82, 2.24) is 30.4 Å². The number of hydrogen-bond acceptors (Lipinski definition) is 6. The van der Waals surface area contributed by atoms with E-state index < -0.39 is 0 Å². The smallest absolute Gasteiger partial charge is 0.177 e. The van der Waals surface area contributed by atoms with E-state index in [2.05, 4.69) is 32.3 Å². The molecule has 0 aliphatic carbocycles. The van der Waals surface area contributed by atoms with E-state index in [9.17, 15) is 0 Å². The molecule has 1 saturated heterocycles. The van der Waals surface area contributed by atoms with E-state index in [0.717, 1.165) is 48.5 Å². The maximum atomic E-state index is 6.18. The van der Waals surface area contributed by atoms with Gasteiger partial charge >= 0.3 is 0 Å². The van der Waals surface area contributed by atoms with Gasteiger partial charge in [0.05, 0.1) is 11.2 Å². The van der Waals surface area contributed by atoms with Crippen LogP contribution in [0, 0.1) is 6.92 Å². The van der Waals surface area contributed by atoms with Crippen molar-refractivity contribution >= 4 is 39.8 Å². The zero-order valence-corrected chi connectivity index (χ0v) is 15.3. The van der Waals surface area contributed by atoms with E-state index in [4.69, 9.17) is 21.6 Å². The second-order valence-electron chi connectivity index (χ2n) is 6.30. The number of rotatable bonds is 4. The van der Waals surface area contributed by atoms with Crippen LogP contribution in [0.25, 0.3) is 16.6 Å². The van der Waals surface area contributed by atoms with Crippen molar-refractivity contribution in [3.63, 3.8) is 0 Å². The number of H-pyrrole nitrogens is 1. The van der Waals surface area contributed by atoms with Crippen molar-refractivity contribution in [3.05, 3.63) is 47.4 Å². The monoisotopic (exact) mass is 369 g/mol. The maximum absolute atomic E-state index is 6.18. The summed E-state index contributed by atoms with van der Waals surface area (Å²) < 4.78 is 0. The molecular weight excluding hydrogens is 350 g/mol. The van der Waals surface area contributed by atoms with Gasteiger partial charge in [-0.1, -0.05) is 18.2 Å². The predicted molar refractivity (Wildman–Crippen MR) is 105 cm³/mol. The fraction of sp³-hybridized carbons (Fsp3) is 0.278. The summed E-state index contributed by atoms with van der Waals surface area (Å²) in [5, 5.41) is 15.2. The highest BCUT2D eigenvalue weighted by molar-refractivity contribution is 6.31. The molecule has 1 aromatic carbocycles. The Labute approximate surface area is 156 Å². The minimum absolute atomic E-state index is 0.608. The zero-order chi connectivity index (χ0) is 18.1. The van der Waals surface area contributed by atoms with Crippen LogP contribution >= 0.6 is 11.6 Å². The molecular formula is C18H20ClN7. The number of aromatic amines is 1. The second kappa shape index (κ2) is 6.93. The number of piperazine rings is 1. The summed E-state index contributed by atoms with van der Waals surface area (Å²) >= 11 is 6.18. The molecule has 0 amide bonds. The fourth-order valence-corrected chi connectivity index (χ4v) is 3.18. The molecule has 134 valence electrons. The van der Waals surface area contributed by atoms with Crippen LogP contribution in [-0.2, 0) is 0 Å². The zero-order valence-electron chi connectivity index (χ0n) is 14.5. The number of nitrogens with zero attached hydrogens (tertiary/aromatic N) is 4. The summed E-state index contributed by atoms with van der Waals surface area (Å²) in [6, 6.07) is 7.50. The highest BCUT2D eigenvalue weighted by Gasteiger charge is 2.17. The van der Waals surface area contributed by atoms with E-state index in [0.29, 0.717) is 22.5 Å². The lowest BCUT2D eigenvalue weighted by Crippen LogP contribution is -2.42. The molecule has 8 heteroatoms. The van der Waals surface area contributed by atoms with Crippen molar-refractivity contribution in [1.29, 1.82) is 0 Å². The van der Waals surface area contributed by atoms with Crippen LogP contribution in [0.15, 0.2) is 30.8 Å². The van der Waals surface area contributed by atoms with Gasteiger partial charge in [-0.15, -0.1) is 0 Å². The molecule has 0 saturated carbocycles. The summed E-state index contributed by atoms with van der Waals surface area (Å²) in [6.45, 7) is 9.81. The average Bonchev–Trinajstić information content (AvgIpc) is 3.07. The summed E-state index contributed by atoms with van der Waals surface area (Å²) in [5.74, 6) is 1.97. The number of fused-ring (bicyclic) bond motifs is 1. The first kappa shape index (κ1) is 16.8. The topological polar surface area (TPSA) is 81.8 Å². The molecule has 7 nitrogen and oxygen atoms in total. The minimum atomic E-state index is 0.608. The van der Waals surface area contributed by atoms with E-state index in [1.807, 2.05) is 31.2 Å². The Balaban J connectivity index is 1.76. The normalized spacial score (nSPS) is 14.6.